The van der Waals surface area contributed by atoms with Crippen LogP contribution in [0.3, 0.4) is 0 Å². The number of thioether (sulfide) groups is 1. The molecule has 23 heavy (non-hydrogen) atoms. The summed E-state index contributed by atoms with van der Waals surface area (Å²) in [5.74, 6) is 0.788. The maximum absolute atomic E-state index is 12.5. The smallest absolute Gasteiger partial charge is 0.254 e. The standard InChI is InChI=1S/C15H20N4O3S/c1-10-7-14(22)19-12(9-23-15(19)16-10)8-13(21)18-5-3-17(4-6-18)11(2)20/h7,12H,3-6,8-9H2,1-2H3/t12-/m1/s1. The summed E-state index contributed by atoms with van der Waals surface area (Å²) in [5, 5.41) is 0.703. The largest absolute Gasteiger partial charge is 0.339 e. The minimum absolute atomic E-state index is 0.0409. The Balaban J connectivity index is 1.65. The number of nitrogens with zero attached hydrogens (tertiary/aromatic N) is 4. The van der Waals surface area contributed by atoms with E-state index in [9.17, 15) is 14.4 Å². The molecule has 1 aromatic heterocycles. The average Bonchev–Trinajstić information content (AvgIpc) is 2.90. The molecule has 2 aliphatic heterocycles. The van der Waals surface area contributed by atoms with E-state index in [0.717, 1.165) is 0 Å². The monoisotopic (exact) mass is 336 g/mol. The van der Waals surface area contributed by atoms with Gasteiger partial charge >= 0.3 is 0 Å². The van der Waals surface area contributed by atoms with Crippen LogP contribution in [0.25, 0.3) is 0 Å². The molecule has 0 saturated carbocycles. The van der Waals surface area contributed by atoms with Crippen LogP contribution in [0.15, 0.2) is 16.0 Å². The third kappa shape index (κ3) is 3.26. The van der Waals surface area contributed by atoms with Crippen molar-refractivity contribution in [2.45, 2.75) is 31.5 Å². The molecular weight excluding hydrogens is 316 g/mol. The number of fused-ring (bicyclic) bond motifs is 1. The molecule has 2 aliphatic rings. The van der Waals surface area contributed by atoms with Crippen LogP contribution in [0.5, 0.6) is 0 Å². The summed E-state index contributed by atoms with van der Waals surface area (Å²) in [6, 6.07) is 1.38. The second-order valence-corrected chi connectivity index (χ2v) is 6.93. The van der Waals surface area contributed by atoms with E-state index in [0.29, 0.717) is 49.2 Å². The van der Waals surface area contributed by atoms with E-state index < -0.39 is 0 Å². The van der Waals surface area contributed by atoms with Crippen LogP contribution >= 0.6 is 11.8 Å². The lowest BCUT2D eigenvalue weighted by Gasteiger charge is -2.34. The van der Waals surface area contributed by atoms with Crippen LogP contribution in [0.2, 0.25) is 0 Å². The molecule has 0 aliphatic carbocycles. The van der Waals surface area contributed by atoms with Crippen LogP contribution in [0.4, 0.5) is 0 Å². The van der Waals surface area contributed by atoms with Crippen molar-refractivity contribution in [3.63, 3.8) is 0 Å². The Bertz CT molecular complexity index is 694. The van der Waals surface area contributed by atoms with Gasteiger partial charge in [-0.3, -0.25) is 19.0 Å². The van der Waals surface area contributed by atoms with Crippen LogP contribution in [0, 0.1) is 6.92 Å². The zero-order valence-electron chi connectivity index (χ0n) is 13.3. The number of carbonyl (C=O) groups excluding carboxylic acids is 2. The summed E-state index contributed by atoms with van der Waals surface area (Å²) in [5.41, 5.74) is 0.623. The van der Waals surface area contributed by atoms with Gasteiger partial charge in [0.15, 0.2) is 5.16 Å². The summed E-state index contributed by atoms with van der Waals surface area (Å²) < 4.78 is 1.64. The molecule has 3 rings (SSSR count). The van der Waals surface area contributed by atoms with Crippen molar-refractivity contribution in [2.24, 2.45) is 0 Å². The summed E-state index contributed by atoms with van der Waals surface area (Å²) in [4.78, 5) is 43.9. The minimum atomic E-state index is -0.131. The second-order valence-electron chi connectivity index (χ2n) is 5.94. The zero-order valence-corrected chi connectivity index (χ0v) is 14.1. The lowest BCUT2D eigenvalue weighted by molar-refractivity contribution is -0.138. The van der Waals surface area contributed by atoms with Gasteiger partial charge < -0.3 is 9.80 Å². The first-order valence-corrected chi connectivity index (χ1v) is 8.70. The molecule has 0 bridgehead atoms. The maximum atomic E-state index is 12.5. The van der Waals surface area contributed by atoms with Crippen LogP contribution in [0.1, 0.15) is 25.1 Å². The molecule has 7 nitrogen and oxygen atoms in total. The van der Waals surface area contributed by atoms with Gasteiger partial charge in [0.2, 0.25) is 11.8 Å². The van der Waals surface area contributed by atoms with Gasteiger partial charge in [0.05, 0.1) is 6.04 Å². The lowest BCUT2D eigenvalue weighted by Crippen LogP contribution is -2.50. The Labute approximate surface area is 138 Å². The third-order valence-corrected chi connectivity index (χ3v) is 5.40. The van der Waals surface area contributed by atoms with E-state index in [1.54, 1.807) is 28.2 Å². The summed E-state index contributed by atoms with van der Waals surface area (Å²) >= 11 is 1.53. The number of piperazine rings is 1. The van der Waals surface area contributed by atoms with E-state index in [2.05, 4.69) is 4.98 Å². The van der Waals surface area contributed by atoms with E-state index in [1.165, 1.54) is 17.8 Å². The number of aromatic nitrogens is 2. The highest BCUT2D eigenvalue weighted by atomic mass is 32.2. The fourth-order valence-electron chi connectivity index (χ4n) is 3.01. The van der Waals surface area contributed by atoms with E-state index in [4.69, 9.17) is 0 Å². The quantitative estimate of drug-likeness (QED) is 0.725. The Hall–Kier alpha value is -1.83. The van der Waals surface area contributed by atoms with Crippen molar-refractivity contribution >= 4 is 23.6 Å². The fraction of sp³-hybridized carbons (Fsp3) is 0.600. The number of rotatable bonds is 2. The summed E-state index contributed by atoms with van der Waals surface area (Å²) in [6.07, 6.45) is 0.310. The molecule has 0 spiro atoms. The van der Waals surface area contributed by atoms with Crippen LogP contribution in [-0.2, 0) is 9.59 Å². The molecule has 124 valence electrons. The van der Waals surface area contributed by atoms with Gasteiger partial charge in [0.25, 0.3) is 5.56 Å². The van der Waals surface area contributed by atoms with Crippen LogP contribution < -0.4 is 5.56 Å². The van der Waals surface area contributed by atoms with Crippen molar-refractivity contribution in [3.05, 3.63) is 22.1 Å². The Kier molecular flexibility index (Phi) is 4.43. The Morgan fingerprint density at radius 2 is 1.91 bits per heavy atom. The first kappa shape index (κ1) is 16.0. The molecular formula is C15H20N4O3S. The topological polar surface area (TPSA) is 75.5 Å². The lowest BCUT2D eigenvalue weighted by atomic mass is 10.2. The first-order chi connectivity index (χ1) is 11.0. The molecule has 1 aromatic rings. The van der Waals surface area contributed by atoms with Crippen molar-refractivity contribution < 1.29 is 9.59 Å². The highest BCUT2D eigenvalue weighted by Gasteiger charge is 2.30. The van der Waals surface area contributed by atoms with Gasteiger partial charge in [-0.15, -0.1) is 0 Å². The van der Waals surface area contributed by atoms with Gasteiger partial charge in [-0.2, -0.15) is 0 Å². The normalized spacial score (nSPS) is 20.5. The van der Waals surface area contributed by atoms with Crippen molar-refractivity contribution in [3.8, 4) is 0 Å². The van der Waals surface area contributed by atoms with Crippen molar-refractivity contribution in [2.75, 3.05) is 31.9 Å². The molecule has 0 aromatic carbocycles. The molecule has 0 N–H and O–H groups in total. The van der Waals surface area contributed by atoms with Crippen molar-refractivity contribution in [1.82, 2.24) is 19.4 Å². The summed E-state index contributed by atoms with van der Waals surface area (Å²) in [7, 11) is 0. The van der Waals surface area contributed by atoms with Crippen LogP contribution in [-0.4, -0.2) is 63.1 Å². The predicted octanol–water partition coefficient (Wildman–Crippen LogP) is 0.279. The van der Waals surface area contributed by atoms with E-state index in [-0.39, 0.29) is 23.4 Å². The fourth-order valence-corrected chi connectivity index (χ4v) is 4.21. The Morgan fingerprint density at radius 1 is 1.26 bits per heavy atom. The van der Waals surface area contributed by atoms with Gasteiger partial charge in [0.1, 0.15) is 0 Å². The molecule has 8 heteroatoms. The molecule has 0 unspecified atom stereocenters. The highest BCUT2D eigenvalue weighted by molar-refractivity contribution is 7.99. The zero-order chi connectivity index (χ0) is 16.6. The SMILES string of the molecule is CC(=O)N1CCN(C(=O)C[C@@H]2CSc3nc(C)cc(=O)n32)CC1. The number of amides is 2. The number of aryl methyl sites for hydroxylation is 1. The molecule has 1 fully saturated rings. The number of carbonyl (C=O) groups is 2. The molecule has 1 atom stereocenters. The first-order valence-electron chi connectivity index (χ1n) is 7.72. The van der Waals surface area contributed by atoms with Gasteiger partial charge in [-0.25, -0.2) is 4.98 Å². The van der Waals surface area contributed by atoms with E-state index in [1.807, 2.05) is 0 Å². The van der Waals surface area contributed by atoms with Crippen molar-refractivity contribution in [1.29, 1.82) is 0 Å². The molecule has 2 amide bonds. The molecule has 1 saturated heterocycles. The minimum Gasteiger partial charge on any atom is -0.339 e. The van der Waals surface area contributed by atoms with Gasteiger partial charge in [0, 0.05) is 57.0 Å². The Morgan fingerprint density at radius 3 is 2.57 bits per heavy atom. The molecule has 3 heterocycles. The third-order valence-electron chi connectivity index (χ3n) is 4.31. The predicted molar refractivity (Wildman–Crippen MR) is 86.4 cm³/mol. The van der Waals surface area contributed by atoms with Gasteiger partial charge in [-0.1, -0.05) is 11.8 Å². The summed E-state index contributed by atoms with van der Waals surface area (Å²) in [6.45, 7) is 5.63. The number of hydrogen-bond acceptors (Lipinski definition) is 5. The number of hydrogen-bond donors (Lipinski definition) is 0. The maximum Gasteiger partial charge on any atom is 0.254 e. The second kappa shape index (κ2) is 6.35. The molecule has 0 radical (unpaired) electrons. The van der Waals surface area contributed by atoms with E-state index >= 15 is 0 Å². The highest BCUT2D eigenvalue weighted by Crippen LogP contribution is 2.32. The average molecular weight is 336 g/mol. The van der Waals surface area contributed by atoms with Gasteiger partial charge in [-0.05, 0) is 6.92 Å².